The molecule has 2 rings (SSSR count). The van der Waals surface area contributed by atoms with E-state index in [0.717, 1.165) is 13.0 Å². The Hall–Kier alpha value is -2.02. The van der Waals surface area contributed by atoms with Crippen molar-refractivity contribution in [1.29, 1.82) is 0 Å². The number of aromatic nitrogens is 3. The first kappa shape index (κ1) is 14.4. The molecule has 7 heteroatoms. The molecule has 106 valence electrons. The fraction of sp³-hybridized carbons (Fsp3) is 0.308. The van der Waals surface area contributed by atoms with Crippen molar-refractivity contribution in [2.24, 2.45) is 5.73 Å². The van der Waals surface area contributed by atoms with Crippen LogP contribution in [0.15, 0.2) is 24.5 Å². The quantitative estimate of drug-likeness (QED) is 0.826. The van der Waals surface area contributed by atoms with E-state index in [0.29, 0.717) is 11.6 Å². The molecular weight excluding hydrogens is 279 g/mol. The Labute approximate surface area is 121 Å². The molecule has 1 heterocycles. The third-order valence-electron chi connectivity index (χ3n) is 2.71. The standard InChI is InChI=1S/C13H15FN4OS/c1-2-6-18-11(16-8-17-18)7-19-10-5-3-4-9(14)12(10)13(15)20/h3-5,8H,2,6-7H2,1H3,(H2,15,20). The Kier molecular flexibility index (Phi) is 4.62. The first-order valence-electron chi connectivity index (χ1n) is 6.21. The molecule has 0 bridgehead atoms. The van der Waals surface area contributed by atoms with Gasteiger partial charge in [0, 0.05) is 6.54 Å². The minimum atomic E-state index is -0.495. The van der Waals surface area contributed by atoms with Gasteiger partial charge >= 0.3 is 0 Å². The van der Waals surface area contributed by atoms with Crippen molar-refractivity contribution in [3.8, 4) is 5.75 Å². The van der Waals surface area contributed by atoms with Gasteiger partial charge in [-0.05, 0) is 18.6 Å². The van der Waals surface area contributed by atoms with Crippen LogP contribution in [0.4, 0.5) is 4.39 Å². The van der Waals surface area contributed by atoms with Crippen molar-refractivity contribution in [2.45, 2.75) is 26.5 Å². The largest absolute Gasteiger partial charge is 0.485 e. The smallest absolute Gasteiger partial charge is 0.164 e. The van der Waals surface area contributed by atoms with Crippen LogP contribution in [0.3, 0.4) is 0 Å². The van der Waals surface area contributed by atoms with Gasteiger partial charge in [-0.1, -0.05) is 25.2 Å². The van der Waals surface area contributed by atoms with Gasteiger partial charge in [0.2, 0.25) is 0 Å². The third kappa shape index (κ3) is 3.11. The van der Waals surface area contributed by atoms with Crippen LogP contribution in [0.5, 0.6) is 5.75 Å². The van der Waals surface area contributed by atoms with Gasteiger partial charge in [-0.2, -0.15) is 5.10 Å². The number of ether oxygens (including phenoxy) is 1. The fourth-order valence-corrected chi connectivity index (χ4v) is 2.00. The molecule has 0 saturated heterocycles. The summed E-state index contributed by atoms with van der Waals surface area (Å²) in [6.07, 6.45) is 2.41. The molecule has 0 aliphatic rings. The Morgan fingerprint density at radius 2 is 2.30 bits per heavy atom. The second-order valence-electron chi connectivity index (χ2n) is 4.17. The highest BCUT2D eigenvalue weighted by molar-refractivity contribution is 7.80. The number of hydrogen-bond donors (Lipinski definition) is 1. The molecule has 0 spiro atoms. The van der Waals surface area contributed by atoms with Gasteiger partial charge in [-0.25, -0.2) is 14.1 Å². The van der Waals surface area contributed by atoms with Gasteiger partial charge in [0.1, 0.15) is 29.5 Å². The average Bonchev–Trinajstić information content (AvgIpc) is 2.84. The van der Waals surface area contributed by atoms with Crippen LogP contribution < -0.4 is 10.5 Å². The lowest BCUT2D eigenvalue weighted by Crippen LogP contribution is -2.15. The Morgan fingerprint density at radius 3 is 3.00 bits per heavy atom. The van der Waals surface area contributed by atoms with Crippen molar-refractivity contribution >= 4 is 17.2 Å². The molecule has 20 heavy (non-hydrogen) atoms. The average molecular weight is 294 g/mol. The van der Waals surface area contributed by atoms with Crippen molar-refractivity contribution in [3.63, 3.8) is 0 Å². The number of nitrogens with zero attached hydrogens (tertiary/aromatic N) is 3. The summed E-state index contributed by atoms with van der Waals surface area (Å²) in [5, 5.41) is 4.09. The molecule has 1 aromatic carbocycles. The summed E-state index contributed by atoms with van der Waals surface area (Å²) in [6.45, 7) is 2.98. The minimum absolute atomic E-state index is 0.0341. The molecule has 0 fully saturated rings. The van der Waals surface area contributed by atoms with E-state index in [-0.39, 0.29) is 17.2 Å². The molecule has 2 N–H and O–H groups in total. The molecule has 0 unspecified atom stereocenters. The maximum Gasteiger partial charge on any atom is 0.164 e. The minimum Gasteiger partial charge on any atom is -0.485 e. The van der Waals surface area contributed by atoms with Crippen LogP contribution in [-0.4, -0.2) is 19.8 Å². The van der Waals surface area contributed by atoms with Crippen LogP contribution in [0.25, 0.3) is 0 Å². The van der Waals surface area contributed by atoms with Crippen LogP contribution in [0, 0.1) is 5.82 Å². The zero-order valence-electron chi connectivity index (χ0n) is 11.0. The highest BCUT2D eigenvalue weighted by Gasteiger charge is 2.13. The summed E-state index contributed by atoms with van der Waals surface area (Å²) >= 11 is 4.84. The summed E-state index contributed by atoms with van der Waals surface area (Å²) in [6, 6.07) is 4.46. The number of nitrogens with two attached hydrogens (primary N) is 1. The van der Waals surface area contributed by atoms with Gasteiger partial charge in [0.25, 0.3) is 0 Å². The van der Waals surface area contributed by atoms with E-state index in [1.165, 1.54) is 12.4 Å². The van der Waals surface area contributed by atoms with E-state index in [4.69, 9.17) is 22.7 Å². The fourth-order valence-electron chi connectivity index (χ4n) is 1.80. The number of hydrogen-bond acceptors (Lipinski definition) is 4. The van der Waals surface area contributed by atoms with Gasteiger partial charge in [-0.15, -0.1) is 0 Å². The summed E-state index contributed by atoms with van der Waals surface area (Å²) in [5.74, 6) is 0.485. The van der Waals surface area contributed by atoms with Crippen LogP contribution >= 0.6 is 12.2 Å². The lowest BCUT2D eigenvalue weighted by atomic mass is 10.2. The maximum atomic E-state index is 13.7. The number of thiocarbonyl (C=S) groups is 1. The lowest BCUT2D eigenvalue weighted by molar-refractivity contribution is 0.284. The predicted molar refractivity (Wildman–Crippen MR) is 76.9 cm³/mol. The SMILES string of the molecule is CCCn1ncnc1COc1cccc(F)c1C(N)=S. The van der Waals surface area contributed by atoms with E-state index in [9.17, 15) is 4.39 Å². The van der Waals surface area contributed by atoms with E-state index in [1.54, 1.807) is 16.8 Å². The normalized spacial score (nSPS) is 10.5. The van der Waals surface area contributed by atoms with Gasteiger partial charge < -0.3 is 10.5 Å². The van der Waals surface area contributed by atoms with Gasteiger partial charge in [0.05, 0.1) is 5.56 Å². The third-order valence-corrected chi connectivity index (χ3v) is 2.91. The van der Waals surface area contributed by atoms with Gasteiger partial charge in [-0.3, -0.25) is 0 Å². The first-order valence-corrected chi connectivity index (χ1v) is 6.62. The molecule has 1 aromatic heterocycles. The van der Waals surface area contributed by atoms with Crippen molar-refractivity contribution in [1.82, 2.24) is 14.8 Å². The molecule has 0 aliphatic heterocycles. The molecule has 0 radical (unpaired) electrons. The molecule has 0 aliphatic carbocycles. The van der Waals surface area contributed by atoms with E-state index < -0.39 is 5.82 Å². The lowest BCUT2D eigenvalue weighted by Gasteiger charge is -2.11. The first-order chi connectivity index (χ1) is 9.63. The Balaban J connectivity index is 2.17. The topological polar surface area (TPSA) is 66.0 Å². The number of aryl methyl sites for hydroxylation is 1. The maximum absolute atomic E-state index is 13.7. The van der Waals surface area contributed by atoms with Crippen molar-refractivity contribution < 1.29 is 9.13 Å². The van der Waals surface area contributed by atoms with Gasteiger partial charge in [0.15, 0.2) is 5.82 Å². The zero-order chi connectivity index (χ0) is 14.5. The van der Waals surface area contributed by atoms with Crippen LogP contribution in [0.1, 0.15) is 24.7 Å². The van der Waals surface area contributed by atoms with Crippen LogP contribution in [-0.2, 0) is 13.2 Å². The molecule has 0 saturated carbocycles. The highest BCUT2D eigenvalue weighted by atomic mass is 32.1. The van der Waals surface area contributed by atoms with Crippen molar-refractivity contribution in [2.75, 3.05) is 0 Å². The number of rotatable bonds is 6. The van der Waals surface area contributed by atoms with Crippen LogP contribution in [0.2, 0.25) is 0 Å². The monoisotopic (exact) mass is 294 g/mol. The second kappa shape index (κ2) is 6.42. The summed E-state index contributed by atoms with van der Waals surface area (Å²) in [4.78, 5) is 4.08. The molecule has 0 amide bonds. The molecule has 2 aromatic rings. The molecule has 0 atom stereocenters. The summed E-state index contributed by atoms with van der Waals surface area (Å²) in [5.41, 5.74) is 5.64. The Morgan fingerprint density at radius 1 is 1.50 bits per heavy atom. The van der Waals surface area contributed by atoms with E-state index >= 15 is 0 Å². The predicted octanol–water partition coefficient (Wildman–Crippen LogP) is 2.04. The molecular formula is C13H15FN4OS. The molecule has 5 nitrogen and oxygen atoms in total. The summed E-state index contributed by atoms with van der Waals surface area (Å²) in [7, 11) is 0. The zero-order valence-corrected chi connectivity index (χ0v) is 11.9. The van der Waals surface area contributed by atoms with E-state index in [1.807, 2.05) is 6.92 Å². The number of halogens is 1. The second-order valence-corrected chi connectivity index (χ2v) is 4.61. The summed E-state index contributed by atoms with van der Waals surface area (Å²) < 4.78 is 21.0. The highest BCUT2D eigenvalue weighted by Crippen LogP contribution is 2.22. The van der Waals surface area contributed by atoms with Crippen molar-refractivity contribution in [3.05, 3.63) is 41.7 Å². The number of benzene rings is 1. The Bertz CT molecular complexity index is 614. The van der Waals surface area contributed by atoms with E-state index in [2.05, 4.69) is 10.1 Å².